The number of carbonyl (C=O) groups is 3. The summed E-state index contributed by atoms with van der Waals surface area (Å²) in [6, 6.07) is 7.55. The zero-order valence-corrected chi connectivity index (χ0v) is 16.5. The van der Waals surface area contributed by atoms with Crippen molar-refractivity contribution < 1.29 is 28.6 Å². The summed E-state index contributed by atoms with van der Waals surface area (Å²) >= 11 is 0. The van der Waals surface area contributed by atoms with Gasteiger partial charge in [0, 0.05) is 18.5 Å². The first-order valence-corrected chi connectivity index (χ1v) is 10.4. The second-order valence-corrected chi connectivity index (χ2v) is 8.76. The number of para-hydroxylation sites is 1. The molecule has 6 rings (SSSR count). The molecule has 1 aromatic rings. The van der Waals surface area contributed by atoms with Crippen LogP contribution in [0.25, 0.3) is 0 Å². The van der Waals surface area contributed by atoms with E-state index in [0.717, 1.165) is 5.56 Å². The number of carbonyl (C=O) groups excluding carboxylic acids is 3. The number of hydrogen-bond donors (Lipinski definition) is 0. The van der Waals surface area contributed by atoms with Crippen LogP contribution in [0.2, 0.25) is 0 Å². The fourth-order valence-electron chi connectivity index (χ4n) is 7.21. The number of ketones is 1. The van der Waals surface area contributed by atoms with Gasteiger partial charge in [-0.1, -0.05) is 25.1 Å². The fraction of sp³-hybridized carbons (Fsp3) is 0.591. The Kier molecular flexibility index (Phi) is 3.01. The van der Waals surface area contributed by atoms with Gasteiger partial charge in [-0.15, -0.1) is 0 Å². The summed E-state index contributed by atoms with van der Waals surface area (Å²) in [5.74, 6) is -0.395. The van der Waals surface area contributed by atoms with E-state index in [1.165, 1.54) is 0 Å². The topological polar surface area (TPSA) is 82.1 Å². The Morgan fingerprint density at radius 1 is 1.28 bits per heavy atom. The molecule has 5 atom stereocenters. The zero-order valence-electron chi connectivity index (χ0n) is 16.5. The molecule has 5 heterocycles. The minimum atomic E-state index is -1.84. The number of rotatable bonds is 3. The Morgan fingerprint density at radius 2 is 2.07 bits per heavy atom. The van der Waals surface area contributed by atoms with E-state index in [1.807, 2.05) is 31.2 Å². The van der Waals surface area contributed by atoms with Gasteiger partial charge in [-0.05, 0) is 32.3 Å². The summed E-state index contributed by atoms with van der Waals surface area (Å²) in [6.45, 7) is 4.31. The molecule has 0 unspecified atom stereocenters. The first-order chi connectivity index (χ1) is 14.0. The Hall–Kier alpha value is -2.41. The van der Waals surface area contributed by atoms with Crippen LogP contribution in [0.4, 0.5) is 0 Å². The normalized spacial score (nSPS) is 43.1. The largest absolute Gasteiger partial charge is 0.485 e. The Labute approximate surface area is 168 Å². The number of nitrogens with zero attached hydrogens (tertiary/aromatic N) is 1. The van der Waals surface area contributed by atoms with Crippen molar-refractivity contribution in [3.05, 3.63) is 29.8 Å². The van der Waals surface area contributed by atoms with Gasteiger partial charge in [-0.25, -0.2) is 4.79 Å². The lowest BCUT2D eigenvalue weighted by molar-refractivity contribution is -0.211. The van der Waals surface area contributed by atoms with Crippen LogP contribution in [0.3, 0.4) is 0 Å². The Bertz CT molecular complexity index is 991. The van der Waals surface area contributed by atoms with E-state index in [0.29, 0.717) is 31.6 Å². The fourth-order valence-corrected chi connectivity index (χ4v) is 7.21. The van der Waals surface area contributed by atoms with Crippen molar-refractivity contribution in [2.24, 2.45) is 5.41 Å². The summed E-state index contributed by atoms with van der Waals surface area (Å²) in [5, 5.41) is 0. The quantitative estimate of drug-likeness (QED) is 0.571. The predicted molar refractivity (Wildman–Crippen MR) is 99.0 cm³/mol. The highest BCUT2D eigenvalue weighted by atomic mass is 16.6. The molecule has 7 nitrogen and oxygen atoms in total. The van der Waals surface area contributed by atoms with Crippen molar-refractivity contribution in [1.82, 2.24) is 4.90 Å². The number of piperidine rings is 1. The molecule has 2 bridgehead atoms. The first kappa shape index (κ1) is 17.4. The van der Waals surface area contributed by atoms with E-state index < -0.39 is 34.2 Å². The maximum absolute atomic E-state index is 14.1. The molecule has 29 heavy (non-hydrogen) atoms. The van der Waals surface area contributed by atoms with Gasteiger partial charge in [0.25, 0.3) is 5.60 Å². The smallest absolute Gasteiger partial charge is 0.350 e. The molecule has 1 amide bonds. The van der Waals surface area contributed by atoms with Crippen LogP contribution in [-0.4, -0.2) is 53.1 Å². The third kappa shape index (κ3) is 1.41. The third-order valence-corrected chi connectivity index (χ3v) is 8.04. The standard InChI is InChI=1S/C22H23NO6/c1-3-19-10-7-11-23-15(24)12-20-13-8-5-6-9-14(13)28-17(20)21(16(19)25,18(26)27-4-2)29-22(19,20)23/h5-6,8-9,17H,3-4,7,10-12H2,1-2H3/t17-,19+,20+,21-,22+/m0/s1. The van der Waals surface area contributed by atoms with Crippen molar-refractivity contribution in [1.29, 1.82) is 0 Å². The van der Waals surface area contributed by atoms with Crippen LogP contribution in [0, 0.1) is 5.41 Å². The van der Waals surface area contributed by atoms with Gasteiger partial charge < -0.3 is 19.1 Å². The van der Waals surface area contributed by atoms with Crippen LogP contribution in [0.15, 0.2) is 24.3 Å². The predicted octanol–water partition coefficient (Wildman–Crippen LogP) is 1.72. The Morgan fingerprint density at radius 3 is 2.83 bits per heavy atom. The molecule has 4 fully saturated rings. The number of esters is 1. The highest BCUT2D eigenvalue weighted by molar-refractivity contribution is 6.16. The van der Waals surface area contributed by atoms with Crippen LogP contribution in [0.1, 0.15) is 45.1 Å². The highest BCUT2D eigenvalue weighted by Gasteiger charge is 2.96. The van der Waals surface area contributed by atoms with E-state index in [2.05, 4.69) is 0 Å². The summed E-state index contributed by atoms with van der Waals surface area (Å²) in [4.78, 5) is 42.4. The van der Waals surface area contributed by atoms with Crippen molar-refractivity contribution in [2.45, 2.75) is 62.4 Å². The average Bonchev–Trinajstić information content (AvgIpc) is 3.34. The van der Waals surface area contributed by atoms with Crippen LogP contribution in [-0.2, 0) is 29.3 Å². The van der Waals surface area contributed by atoms with Crippen molar-refractivity contribution >= 4 is 17.7 Å². The number of benzene rings is 1. The number of amides is 1. The third-order valence-electron chi connectivity index (χ3n) is 8.04. The molecule has 5 aliphatic rings. The molecule has 5 aliphatic heterocycles. The lowest BCUT2D eigenvalue weighted by Gasteiger charge is -2.55. The van der Waals surface area contributed by atoms with Gasteiger partial charge >= 0.3 is 5.97 Å². The molecule has 0 saturated carbocycles. The number of fused-ring (bicyclic) bond motifs is 3. The molecule has 0 aromatic heterocycles. The van der Waals surface area contributed by atoms with Gasteiger partial charge in [0.2, 0.25) is 5.91 Å². The monoisotopic (exact) mass is 397 g/mol. The van der Waals surface area contributed by atoms with Crippen LogP contribution >= 0.6 is 0 Å². The molecule has 0 N–H and O–H groups in total. The van der Waals surface area contributed by atoms with Gasteiger partial charge in [0.1, 0.15) is 5.75 Å². The maximum Gasteiger partial charge on any atom is 0.350 e. The summed E-state index contributed by atoms with van der Waals surface area (Å²) in [7, 11) is 0. The maximum atomic E-state index is 14.1. The van der Waals surface area contributed by atoms with E-state index in [4.69, 9.17) is 14.2 Å². The lowest BCUT2D eigenvalue weighted by atomic mass is 9.49. The highest BCUT2D eigenvalue weighted by Crippen LogP contribution is 2.77. The van der Waals surface area contributed by atoms with Crippen molar-refractivity contribution in [3.8, 4) is 5.75 Å². The molecular formula is C22H23NO6. The lowest BCUT2D eigenvalue weighted by Crippen LogP contribution is -2.73. The van der Waals surface area contributed by atoms with Crippen molar-refractivity contribution in [3.63, 3.8) is 0 Å². The SMILES string of the molecule is CCOC(=O)[C@]12O[C@]34N(CCC[C@]3(CC)C1=O)C(=O)C[C@]41c3ccccc3O[C@H]21. The van der Waals surface area contributed by atoms with E-state index >= 15 is 0 Å². The zero-order chi connectivity index (χ0) is 20.2. The molecule has 0 aliphatic carbocycles. The summed E-state index contributed by atoms with van der Waals surface area (Å²) in [6.07, 6.45) is 1.06. The average molecular weight is 397 g/mol. The number of ether oxygens (including phenoxy) is 3. The second-order valence-electron chi connectivity index (χ2n) is 8.76. The molecule has 152 valence electrons. The molecule has 7 heteroatoms. The molecule has 2 spiro atoms. The van der Waals surface area contributed by atoms with Gasteiger partial charge in [-0.3, -0.25) is 9.59 Å². The van der Waals surface area contributed by atoms with Crippen LogP contribution < -0.4 is 4.74 Å². The minimum Gasteiger partial charge on any atom is -0.485 e. The van der Waals surface area contributed by atoms with E-state index in [1.54, 1.807) is 11.8 Å². The second kappa shape index (κ2) is 5.01. The van der Waals surface area contributed by atoms with Crippen LogP contribution in [0.5, 0.6) is 5.75 Å². The van der Waals surface area contributed by atoms with Gasteiger partial charge in [0.05, 0.1) is 17.4 Å². The Balaban J connectivity index is 1.72. The van der Waals surface area contributed by atoms with Gasteiger partial charge in [0.15, 0.2) is 17.6 Å². The number of hydrogen-bond acceptors (Lipinski definition) is 6. The minimum absolute atomic E-state index is 0.0417. The number of Topliss-reactive ketones (excluding diaryl/α,β-unsaturated/α-hetero) is 1. The summed E-state index contributed by atoms with van der Waals surface area (Å²) < 4.78 is 18.3. The summed E-state index contributed by atoms with van der Waals surface area (Å²) in [5.41, 5.74) is -4.02. The van der Waals surface area contributed by atoms with E-state index in [-0.39, 0.29) is 24.7 Å². The van der Waals surface area contributed by atoms with Gasteiger partial charge in [-0.2, -0.15) is 0 Å². The van der Waals surface area contributed by atoms with E-state index in [9.17, 15) is 14.4 Å². The van der Waals surface area contributed by atoms with Crippen molar-refractivity contribution in [2.75, 3.05) is 13.2 Å². The molecule has 1 aromatic carbocycles. The molecular weight excluding hydrogens is 374 g/mol. The molecule has 0 radical (unpaired) electrons. The first-order valence-electron chi connectivity index (χ1n) is 10.4. The molecule has 4 saturated heterocycles.